The number of amides is 1. The number of rotatable bonds is 5. The summed E-state index contributed by atoms with van der Waals surface area (Å²) < 4.78 is 0. The Balaban J connectivity index is 1.85. The van der Waals surface area contributed by atoms with Crippen LogP contribution < -0.4 is 5.32 Å². The Bertz CT molecular complexity index is 637. The monoisotopic (exact) mass is 311 g/mol. The molecule has 0 atom stereocenters. The summed E-state index contributed by atoms with van der Waals surface area (Å²) >= 11 is 0. The van der Waals surface area contributed by atoms with Crippen molar-refractivity contribution in [1.82, 2.24) is 5.32 Å². The van der Waals surface area contributed by atoms with E-state index in [1.807, 2.05) is 0 Å². The first-order valence-corrected chi connectivity index (χ1v) is 7.97. The fourth-order valence-electron chi connectivity index (χ4n) is 2.36. The van der Waals surface area contributed by atoms with Gasteiger partial charge in [0.15, 0.2) is 0 Å². The van der Waals surface area contributed by atoms with E-state index in [1.54, 1.807) is 24.3 Å². The highest BCUT2D eigenvalue weighted by Gasteiger charge is 2.12. The maximum atomic E-state index is 12.0. The Morgan fingerprint density at radius 3 is 2.04 bits per heavy atom. The summed E-state index contributed by atoms with van der Waals surface area (Å²) in [7, 11) is 0. The molecule has 0 aliphatic heterocycles. The van der Waals surface area contributed by atoms with Gasteiger partial charge in [-0.05, 0) is 40.7 Å². The SMILES string of the molecule is CC(C)(C)c1ccc(CCNC(=O)c2ccc(CO)cc2)cc1. The van der Waals surface area contributed by atoms with E-state index >= 15 is 0 Å². The van der Waals surface area contributed by atoms with Crippen LogP contribution in [0, 0.1) is 0 Å². The molecule has 0 fully saturated rings. The Kier molecular flexibility index (Phi) is 5.56. The summed E-state index contributed by atoms with van der Waals surface area (Å²) in [5, 5.41) is 11.9. The van der Waals surface area contributed by atoms with Crippen LogP contribution in [0.4, 0.5) is 0 Å². The number of hydrogen-bond acceptors (Lipinski definition) is 2. The Hall–Kier alpha value is -2.13. The van der Waals surface area contributed by atoms with Gasteiger partial charge in [-0.25, -0.2) is 0 Å². The highest BCUT2D eigenvalue weighted by molar-refractivity contribution is 5.94. The van der Waals surface area contributed by atoms with Crippen LogP contribution >= 0.6 is 0 Å². The molecule has 0 saturated carbocycles. The van der Waals surface area contributed by atoms with E-state index in [9.17, 15) is 4.79 Å². The zero-order chi connectivity index (χ0) is 16.9. The van der Waals surface area contributed by atoms with Gasteiger partial charge < -0.3 is 10.4 Å². The minimum Gasteiger partial charge on any atom is -0.392 e. The quantitative estimate of drug-likeness (QED) is 0.888. The number of benzene rings is 2. The predicted octanol–water partition coefficient (Wildman–Crippen LogP) is 3.45. The van der Waals surface area contributed by atoms with Crippen LogP contribution in [-0.4, -0.2) is 17.6 Å². The second-order valence-corrected chi connectivity index (χ2v) is 6.81. The van der Waals surface area contributed by atoms with Crippen molar-refractivity contribution in [2.24, 2.45) is 0 Å². The molecule has 0 aromatic heterocycles. The van der Waals surface area contributed by atoms with Gasteiger partial charge in [-0.3, -0.25) is 4.79 Å². The van der Waals surface area contributed by atoms with E-state index < -0.39 is 0 Å². The van der Waals surface area contributed by atoms with E-state index in [0.717, 1.165) is 12.0 Å². The molecule has 0 heterocycles. The molecular weight excluding hydrogens is 286 g/mol. The highest BCUT2D eigenvalue weighted by atomic mass is 16.3. The van der Waals surface area contributed by atoms with Gasteiger partial charge in [0.25, 0.3) is 5.91 Å². The summed E-state index contributed by atoms with van der Waals surface area (Å²) in [4.78, 5) is 12.0. The summed E-state index contributed by atoms with van der Waals surface area (Å²) in [6.45, 7) is 7.20. The van der Waals surface area contributed by atoms with Gasteiger partial charge in [0, 0.05) is 12.1 Å². The van der Waals surface area contributed by atoms with Gasteiger partial charge >= 0.3 is 0 Å². The number of aliphatic hydroxyl groups is 1. The van der Waals surface area contributed by atoms with Crippen LogP contribution in [0.25, 0.3) is 0 Å². The third kappa shape index (κ3) is 4.93. The summed E-state index contributed by atoms with van der Waals surface area (Å²) in [6, 6.07) is 15.6. The molecule has 0 spiro atoms. The molecule has 0 aliphatic rings. The first kappa shape index (κ1) is 17.2. The van der Waals surface area contributed by atoms with Crippen molar-refractivity contribution >= 4 is 5.91 Å². The van der Waals surface area contributed by atoms with E-state index in [-0.39, 0.29) is 17.9 Å². The topological polar surface area (TPSA) is 49.3 Å². The molecule has 0 saturated heterocycles. The minimum atomic E-state index is -0.0826. The second-order valence-electron chi connectivity index (χ2n) is 6.81. The first-order chi connectivity index (χ1) is 10.9. The lowest BCUT2D eigenvalue weighted by atomic mass is 9.86. The molecule has 0 unspecified atom stereocenters. The first-order valence-electron chi connectivity index (χ1n) is 7.97. The fraction of sp³-hybridized carbons (Fsp3) is 0.350. The Morgan fingerprint density at radius 2 is 1.52 bits per heavy atom. The lowest BCUT2D eigenvalue weighted by Gasteiger charge is -2.19. The third-order valence-electron chi connectivity index (χ3n) is 3.92. The van der Waals surface area contributed by atoms with Gasteiger partial charge in [0.2, 0.25) is 0 Å². The molecule has 2 aromatic carbocycles. The molecule has 1 amide bonds. The zero-order valence-electron chi connectivity index (χ0n) is 14.1. The fourth-order valence-corrected chi connectivity index (χ4v) is 2.36. The van der Waals surface area contributed by atoms with Crippen molar-refractivity contribution in [3.63, 3.8) is 0 Å². The third-order valence-corrected chi connectivity index (χ3v) is 3.92. The minimum absolute atomic E-state index is 0.00748. The van der Waals surface area contributed by atoms with Crippen molar-refractivity contribution < 1.29 is 9.90 Å². The standard InChI is InChI=1S/C20H25NO2/c1-20(2,3)18-10-6-15(7-11-18)12-13-21-19(23)17-8-4-16(14-22)5-9-17/h4-11,22H,12-14H2,1-3H3,(H,21,23). The van der Waals surface area contributed by atoms with Crippen molar-refractivity contribution in [3.8, 4) is 0 Å². The van der Waals surface area contributed by atoms with E-state index in [2.05, 4.69) is 50.4 Å². The van der Waals surface area contributed by atoms with Gasteiger partial charge in [-0.2, -0.15) is 0 Å². The average molecular weight is 311 g/mol. The smallest absolute Gasteiger partial charge is 0.251 e. The van der Waals surface area contributed by atoms with E-state index in [1.165, 1.54) is 11.1 Å². The maximum absolute atomic E-state index is 12.0. The maximum Gasteiger partial charge on any atom is 0.251 e. The van der Waals surface area contributed by atoms with Gasteiger partial charge in [0.05, 0.1) is 6.61 Å². The van der Waals surface area contributed by atoms with Crippen molar-refractivity contribution in [2.75, 3.05) is 6.54 Å². The lowest BCUT2D eigenvalue weighted by molar-refractivity contribution is 0.0954. The molecule has 2 aromatic rings. The van der Waals surface area contributed by atoms with Crippen molar-refractivity contribution in [3.05, 3.63) is 70.8 Å². The number of hydrogen-bond donors (Lipinski definition) is 2. The normalized spacial score (nSPS) is 11.3. The van der Waals surface area contributed by atoms with Crippen LogP contribution in [0.2, 0.25) is 0 Å². The molecule has 3 nitrogen and oxygen atoms in total. The molecule has 0 aliphatic carbocycles. The van der Waals surface area contributed by atoms with Crippen LogP contribution in [0.5, 0.6) is 0 Å². The number of carbonyl (C=O) groups is 1. The van der Waals surface area contributed by atoms with Crippen molar-refractivity contribution in [2.45, 2.75) is 39.2 Å². The Labute approximate surface area is 138 Å². The van der Waals surface area contributed by atoms with Crippen LogP contribution in [0.3, 0.4) is 0 Å². The van der Waals surface area contributed by atoms with Gasteiger partial charge in [-0.1, -0.05) is 57.2 Å². The lowest BCUT2D eigenvalue weighted by Crippen LogP contribution is -2.25. The summed E-state index contributed by atoms with van der Waals surface area (Å²) in [6.07, 6.45) is 0.810. The Morgan fingerprint density at radius 1 is 0.957 bits per heavy atom. The van der Waals surface area contributed by atoms with E-state index in [0.29, 0.717) is 12.1 Å². The second kappa shape index (κ2) is 7.42. The molecule has 2 N–H and O–H groups in total. The number of aliphatic hydroxyl groups excluding tert-OH is 1. The van der Waals surface area contributed by atoms with Crippen LogP contribution in [-0.2, 0) is 18.4 Å². The number of carbonyl (C=O) groups excluding carboxylic acids is 1. The van der Waals surface area contributed by atoms with Gasteiger partial charge in [0.1, 0.15) is 0 Å². The molecule has 2 rings (SSSR count). The van der Waals surface area contributed by atoms with Crippen molar-refractivity contribution in [1.29, 1.82) is 0 Å². The van der Waals surface area contributed by atoms with Gasteiger partial charge in [-0.15, -0.1) is 0 Å². The summed E-state index contributed by atoms with van der Waals surface area (Å²) in [5.41, 5.74) is 4.11. The van der Waals surface area contributed by atoms with E-state index in [4.69, 9.17) is 5.11 Å². The summed E-state index contributed by atoms with van der Waals surface area (Å²) in [5.74, 6) is -0.0826. The molecule has 0 bridgehead atoms. The zero-order valence-corrected chi connectivity index (χ0v) is 14.1. The molecular formula is C20H25NO2. The number of nitrogens with one attached hydrogen (secondary N) is 1. The van der Waals surface area contributed by atoms with Crippen LogP contribution in [0.15, 0.2) is 48.5 Å². The molecule has 23 heavy (non-hydrogen) atoms. The highest BCUT2D eigenvalue weighted by Crippen LogP contribution is 2.22. The average Bonchev–Trinajstić information content (AvgIpc) is 2.54. The molecule has 3 heteroatoms. The molecule has 0 radical (unpaired) electrons. The predicted molar refractivity (Wildman–Crippen MR) is 93.5 cm³/mol. The molecule has 122 valence electrons. The largest absolute Gasteiger partial charge is 0.392 e. The van der Waals surface area contributed by atoms with Crippen LogP contribution in [0.1, 0.15) is 47.8 Å².